The van der Waals surface area contributed by atoms with Crippen LogP contribution in [0.5, 0.6) is 0 Å². The van der Waals surface area contributed by atoms with Crippen molar-refractivity contribution >= 4 is 12.2 Å². The van der Waals surface area contributed by atoms with Gasteiger partial charge in [-0.3, -0.25) is 4.79 Å². The van der Waals surface area contributed by atoms with Crippen LogP contribution in [0.2, 0.25) is 0 Å². The smallest absolute Gasteiger partial charge is 0.219 e. The summed E-state index contributed by atoms with van der Waals surface area (Å²) in [6, 6.07) is 0. The maximum atomic E-state index is 11.0. The molecule has 0 unspecified atom stereocenters. The summed E-state index contributed by atoms with van der Waals surface area (Å²) in [4.78, 5) is 21.1. The van der Waals surface area contributed by atoms with E-state index < -0.39 is 0 Å². The lowest BCUT2D eigenvalue weighted by Crippen LogP contribution is -2.23. The second-order valence-electron chi connectivity index (χ2n) is 5.52. The summed E-state index contributed by atoms with van der Waals surface area (Å²) in [5.74, 6) is 0.122. The highest BCUT2D eigenvalue weighted by molar-refractivity contribution is 5.75. The van der Waals surface area contributed by atoms with Crippen LogP contribution in [0, 0.1) is 0 Å². The second-order valence-corrected chi connectivity index (χ2v) is 5.52. The van der Waals surface area contributed by atoms with Gasteiger partial charge in [0.25, 0.3) is 0 Å². The predicted molar refractivity (Wildman–Crippen MR) is 107 cm³/mol. The molecule has 0 fully saturated rings. The van der Waals surface area contributed by atoms with Crippen LogP contribution in [0.25, 0.3) is 0 Å². The molecule has 27 heavy (non-hydrogen) atoms. The van der Waals surface area contributed by atoms with Gasteiger partial charge in [0.15, 0.2) is 0 Å². The lowest BCUT2D eigenvalue weighted by molar-refractivity contribution is -0.120. The zero-order valence-corrected chi connectivity index (χ0v) is 17.6. The Morgan fingerprint density at radius 3 is 1.74 bits per heavy atom. The molecule has 0 aliphatic heterocycles. The molecule has 0 aromatic carbocycles. The van der Waals surface area contributed by atoms with Crippen molar-refractivity contribution in [3.05, 3.63) is 0 Å². The summed E-state index contributed by atoms with van der Waals surface area (Å²) >= 11 is 0. The van der Waals surface area contributed by atoms with Crippen LogP contribution in [0.4, 0.5) is 0 Å². The van der Waals surface area contributed by atoms with E-state index in [1.54, 1.807) is 0 Å². The highest BCUT2D eigenvalue weighted by Gasteiger charge is 1.96. The van der Waals surface area contributed by atoms with E-state index in [1.165, 1.54) is 0 Å². The Morgan fingerprint density at radius 1 is 0.741 bits per heavy atom. The van der Waals surface area contributed by atoms with Gasteiger partial charge in [0.2, 0.25) is 5.91 Å². The first-order valence-electron chi connectivity index (χ1n) is 10.3. The monoisotopic (exact) mass is 391 g/mol. The summed E-state index contributed by atoms with van der Waals surface area (Å²) in [5.41, 5.74) is 0. The third-order valence-corrected chi connectivity index (χ3v) is 3.35. The van der Waals surface area contributed by atoms with Crippen LogP contribution < -0.4 is 5.32 Å². The molecule has 1 amide bonds. The molecule has 0 aliphatic rings. The maximum absolute atomic E-state index is 11.0. The Kier molecular flexibility index (Phi) is 28.4. The van der Waals surface area contributed by atoms with E-state index in [4.69, 9.17) is 18.9 Å². The Morgan fingerprint density at radius 2 is 1.22 bits per heavy atom. The predicted octanol–water partition coefficient (Wildman–Crippen LogP) is 2.75. The number of hydrogen-bond acceptors (Lipinski definition) is 6. The maximum Gasteiger partial charge on any atom is 0.219 e. The van der Waals surface area contributed by atoms with Gasteiger partial charge < -0.3 is 29.1 Å². The fourth-order valence-corrected chi connectivity index (χ4v) is 1.93. The molecule has 162 valence electrons. The highest BCUT2D eigenvalue weighted by Crippen LogP contribution is 1.99. The number of amides is 1. The molecular formula is C20H41NO6. The molecule has 1 N–H and O–H groups in total. The quantitative estimate of drug-likeness (QED) is 0.254. The van der Waals surface area contributed by atoms with E-state index in [9.17, 15) is 9.59 Å². The first-order valence-corrected chi connectivity index (χ1v) is 10.3. The molecule has 0 bridgehead atoms. The van der Waals surface area contributed by atoms with Crippen molar-refractivity contribution in [1.82, 2.24) is 5.32 Å². The van der Waals surface area contributed by atoms with E-state index in [1.807, 2.05) is 20.8 Å². The lowest BCUT2D eigenvalue weighted by atomic mass is 10.2. The van der Waals surface area contributed by atoms with Crippen molar-refractivity contribution in [2.45, 2.75) is 59.3 Å². The Labute approximate surface area is 165 Å². The number of hydrogen-bond donors (Lipinski definition) is 1. The van der Waals surface area contributed by atoms with Gasteiger partial charge in [-0.2, -0.15) is 0 Å². The molecule has 0 heterocycles. The molecule has 0 saturated carbocycles. The SMILES string of the molecule is CC.CCC(=O)NCCCCCCOCCOCCOCCOCCC=O. The zero-order valence-electron chi connectivity index (χ0n) is 17.6. The number of aldehydes is 1. The van der Waals surface area contributed by atoms with Crippen molar-refractivity contribution in [1.29, 1.82) is 0 Å². The summed E-state index contributed by atoms with van der Waals surface area (Å²) < 4.78 is 21.4. The van der Waals surface area contributed by atoms with Gasteiger partial charge in [-0.05, 0) is 12.8 Å². The van der Waals surface area contributed by atoms with E-state index >= 15 is 0 Å². The average molecular weight is 392 g/mol. The minimum Gasteiger partial charge on any atom is -0.379 e. The van der Waals surface area contributed by atoms with Gasteiger partial charge in [-0.1, -0.05) is 33.6 Å². The van der Waals surface area contributed by atoms with Crippen LogP contribution in [0.3, 0.4) is 0 Å². The van der Waals surface area contributed by atoms with E-state index in [2.05, 4.69) is 5.32 Å². The van der Waals surface area contributed by atoms with Crippen molar-refractivity contribution in [2.24, 2.45) is 0 Å². The minimum atomic E-state index is 0.122. The van der Waals surface area contributed by atoms with Crippen LogP contribution >= 0.6 is 0 Å². The topological polar surface area (TPSA) is 83.1 Å². The summed E-state index contributed by atoms with van der Waals surface area (Å²) in [5, 5.41) is 2.87. The first kappa shape index (κ1) is 28.2. The Hall–Kier alpha value is -1.02. The zero-order chi connectivity index (χ0) is 20.4. The van der Waals surface area contributed by atoms with E-state index in [-0.39, 0.29) is 5.91 Å². The second kappa shape index (κ2) is 27.2. The lowest BCUT2D eigenvalue weighted by Gasteiger charge is -2.07. The fraction of sp³-hybridized carbons (Fsp3) is 0.900. The van der Waals surface area contributed by atoms with Gasteiger partial charge in [0.05, 0.1) is 46.2 Å². The number of nitrogens with one attached hydrogen (secondary N) is 1. The molecule has 7 heteroatoms. The molecule has 7 nitrogen and oxygen atoms in total. The van der Waals surface area contributed by atoms with Crippen LogP contribution in [0.1, 0.15) is 59.3 Å². The average Bonchev–Trinajstić information content (AvgIpc) is 2.71. The first-order chi connectivity index (χ1) is 13.3. The molecule has 0 atom stereocenters. The molecule has 0 aliphatic carbocycles. The number of unbranched alkanes of at least 4 members (excludes halogenated alkanes) is 3. The Bertz CT molecular complexity index is 302. The van der Waals surface area contributed by atoms with E-state index in [0.717, 1.165) is 45.1 Å². The highest BCUT2D eigenvalue weighted by atomic mass is 16.6. The minimum absolute atomic E-state index is 0.122. The molecule has 0 aromatic heterocycles. The standard InChI is InChI=1S/C18H35NO6.C2H6/c1-2-18(21)19-8-5-3-4-6-10-22-12-14-24-16-17-25-15-13-23-11-7-9-20;1-2/h9H,2-8,10-17H2,1H3,(H,19,21);1-2H3. The molecule has 0 aromatic rings. The molecule has 0 rings (SSSR count). The number of ether oxygens (including phenoxy) is 4. The molecule has 0 spiro atoms. The van der Waals surface area contributed by atoms with Gasteiger partial charge in [-0.15, -0.1) is 0 Å². The number of carbonyl (C=O) groups is 2. The summed E-state index contributed by atoms with van der Waals surface area (Å²) in [6.07, 6.45) is 6.11. The fourth-order valence-electron chi connectivity index (χ4n) is 1.93. The number of rotatable bonds is 20. The van der Waals surface area contributed by atoms with Crippen molar-refractivity contribution in [3.8, 4) is 0 Å². The van der Waals surface area contributed by atoms with Crippen LogP contribution in [-0.4, -0.2) is 71.6 Å². The molecule has 0 radical (unpaired) electrons. The van der Waals surface area contributed by atoms with Crippen molar-refractivity contribution < 1.29 is 28.5 Å². The third kappa shape index (κ3) is 27.3. The summed E-state index contributed by atoms with van der Waals surface area (Å²) in [6.45, 7) is 11.1. The molecule has 0 saturated heterocycles. The van der Waals surface area contributed by atoms with Gasteiger partial charge in [0.1, 0.15) is 6.29 Å². The Balaban J connectivity index is 0. The largest absolute Gasteiger partial charge is 0.379 e. The van der Waals surface area contributed by atoms with Crippen molar-refractivity contribution in [3.63, 3.8) is 0 Å². The van der Waals surface area contributed by atoms with Gasteiger partial charge in [0, 0.05) is 26.0 Å². The van der Waals surface area contributed by atoms with Crippen LogP contribution in [0.15, 0.2) is 0 Å². The van der Waals surface area contributed by atoms with Gasteiger partial charge in [-0.25, -0.2) is 0 Å². The third-order valence-electron chi connectivity index (χ3n) is 3.35. The van der Waals surface area contributed by atoms with Crippen molar-refractivity contribution in [2.75, 3.05) is 59.4 Å². The number of carbonyl (C=O) groups excluding carboxylic acids is 2. The van der Waals surface area contributed by atoms with Crippen LogP contribution in [-0.2, 0) is 28.5 Å². The molecular weight excluding hydrogens is 350 g/mol. The van der Waals surface area contributed by atoms with E-state index in [0.29, 0.717) is 59.1 Å². The normalized spacial score (nSPS) is 10.2. The summed E-state index contributed by atoms with van der Waals surface area (Å²) in [7, 11) is 0. The van der Waals surface area contributed by atoms with Gasteiger partial charge >= 0.3 is 0 Å².